The van der Waals surface area contributed by atoms with Gasteiger partial charge in [-0.05, 0) is 34.3 Å². The number of hydrogen-bond donors (Lipinski definition) is 2. The average molecular weight is 265 g/mol. The molecule has 1 unspecified atom stereocenters. The number of hydrazine groups is 1. The molecule has 0 amide bonds. The molecule has 3 nitrogen and oxygen atoms in total. The molecule has 0 saturated heterocycles. The van der Waals surface area contributed by atoms with Crippen LogP contribution < -0.4 is 11.3 Å². The normalized spacial score (nSPS) is 13.2. The van der Waals surface area contributed by atoms with Gasteiger partial charge < -0.3 is 4.74 Å². The highest BCUT2D eigenvalue weighted by Gasteiger charge is 2.13. The molecule has 0 aromatic carbocycles. The first-order valence-corrected chi connectivity index (χ1v) is 5.73. The van der Waals surface area contributed by atoms with Gasteiger partial charge >= 0.3 is 0 Å². The van der Waals surface area contributed by atoms with E-state index in [-0.39, 0.29) is 6.04 Å². The van der Waals surface area contributed by atoms with Gasteiger partial charge in [-0.3, -0.25) is 5.84 Å². The molecule has 0 fully saturated rings. The van der Waals surface area contributed by atoms with Crippen LogP contribution >= 0.6 is 27.3 Å². The molecule has 13 heavy (non-hydrogen) atoms. The van der Waals surface area contributed by atoms with E-state index in [1.165, 1.54) is 4.88 Å². The molecule has 5 heteroatoms. The molecule has 0 radical (unpaired) electrons. The monoisotopic (exact) mass is 264 g/mol. The average Bonchev–Trinajstić information content (AvgIpc) is 2.54. The van der Waals surface area contributed by atoms with Crippen molar-refractivity contribution in [3.63, 3.8) is 0 Å². The predicted molar refractivity (Wildman–Crippen MR) is 58.6 cm³/mol. The van der Waals surface area contributed by atoms with Gasteiger partial charge in [0.05, 0.1) is 12.6 Å². The minimum atomic E-state index is 0.0781. The third kappa shape index (κ3) is 3.03. The molecular weight excluding hydrogens is 252 g/mol. The van der Waals surface area contributed by atoms with E-state index in [4.69, 9.17) is 10.6 Å². The second-order valence-electron chi connectivity index (χ2n) is 2.51. The lowest BCUT2D eigenvalue weighted by molar-refractivity contribution is 0.124. The first kappa shape index (κ1) is 11.1. The van der Waals surface area contributed by atoms with Crippen molar-refractivity contribution in [1.29, 1.82) is 0 Å². The Labute approximate surface area is 90.4 Å². The van der Waals surface area contributed by atoms with Gasteiger partial charge in [0.2, 0.25) is 0 Å². The highest BCUT2D eigenvalue weighted by Crippen LogP contribution is 2.28. The van der Waals surface area contributed by atoms with E-state index in [0.717, 1.165) is 4.47 Å². The maximum Gasteiger partial charge on any atom is 0.0797 e. The van der Waals surface area contributed by atoms with E-state index in [1.54, 1.807) is 11.3 Å². The van der Waals surface area contributed by atoms with Gasteiger partial charge in [-0.15, -0.1) is 11.3 Å². The molecule has 0 aliphatic rings. The number of hydrogen-bond acceptors (Lipinski definition) is 4. The van der Waals surface area contributed by atoms with Crippen molar-refractivity contribution < 1.29 is 4.74 Å². The fourth-order valence-electron chi connectivity index (χ4n) is 0.989. The van der Waals surface area contributed by atoms with Crippen LogP contribution in [0.4, 0.5) is 0 Å². The lowest BCUT2D eigenvalue weighted by atomic mass is 10.3. The van der Waals surface area contributed by atoms with E-state index in [2.05, 4.69) is 21.4 Å². The zero-order valence-corrected chi connectivity index (χ0v) is 9.82. The van der Waals surface area contributed by atoms with Crippen LogP contribution in [0.5, 0.6) is 0 Å². The van der Waals surface area contributed by atoms with Crippen LogP contribution in [0.15, 0.2) is 15.9 Å². The maximum atomic E-state index is 5.43. The zero-order valence-electron chi connectivity index (χ0n) is 7.42. The van der Waals surface area contributed by atoms with Crippen LogP contribution in [0.1, 0.15) is 17.8 Å². The summed E-state index contributed by atoms with van der Waals surface area (Å²) in [6.45, 7) is 3.28. The summed E-state index contributed by atoms with van der Waals surface area (Å²) >= 11 is 5.12. The minimum Gasteiger partial charge on any atom is -0.380 e. The maximum absolute atomic E-state index is 5.43. The zero-order chi connectivity index (χ0) is 9.68. The Kier molecular flexibility index (Phi) is 4.90. The van der Waals surface area contributed by atoms with Crippen molar-refractivity contribution in [2.45, 2.75) is 13.0 Å². The molecule has 74 valence electrons. The molecule has 0 saturated carbocycles. The second-order valence-corrected chi connectivity index (χ2v) is 4.31. The van der Waals surface area contributed by atoms with Crippen molar-refractivity contribution >= 4 is 27.3 Å². The Morgan fingerprint density at radius 3 is 3.00 bits per heavy atom. The summed E-state index contributed by atoms with van der Waals surface area (Å²) in [5.41, 5.74) is 2.74. The Morgan fingerprint density at radius 2 is 2.54 bits per heavy atom. The number of ether oxygens (including phenoxy) is 1. The molecule has 1 aromatic heterocycles. The van der Waals surface area contributed by atoms with E-state index >= 15 is 0 Å². The van der Waals surface area contributed by atoms with E-state index in [9.17, 15) is 0 Å². The fourth-order valence-corrected chi connectivity index (χ4v) is 2.68. The van der Waals surface area contributed by atoms with Crippen molar-refractivity contribution in [3.05, 3.63) is 20.8 Å². The lowest BCUT2D eigenvalue weighted by Gasteiger charge is -2.14. The summed E-state index contributed by atoms with van der Waals surface area (Å²) in [7, 11) is 0. The molecule has 0 aliphatic heterocycles. The van der Waals surface area contributed by atoms with Gasteiger partial charge in [-0.25, -0.2) is 5.43 Å². The van der Waals surface area contributed by atoms with Gasteiger partial charge in [-0.2, -0.15) is 0 Å². The smallest absolute Gasteiger partial charge is 0.0797 e. The van der Waals surface area contributed by atoms with Crippen LogP contribution in [-0.4, -0.2) is 13.2 Å². The summed E-state index contributed by atoms with van der Waals surface area (Å²) in [4.78, 5) is 1.18. The Bertz CT molecular complexity index is 254. The van der Waals surface area contributed by atoms with Gasteiger partial charge in [-0.1, -0.05) is 0 Å². The summed E-state index contributed by atoms with van der Waals surface area (Å²) in [6, 6.07) is 2.09. The highest BCUT2D eigenvalue weighted by atomic mass is 79.9. The topological polar surface area (TPSA) is 47.3 Å². The Hall–Kier alpha value is 0.0600. The molecular formula is C8H13BrN2OS. The van der Waals surface area contributed by atoms with Crippen LogP contribution in [0, 0.1) is 0 Å². The molecule has 1 rings (SSSR count). The number of halogens is 1. The Balaban J connectivity index is 2.61. The number of thiophene rings is 1. The largest absolute Gasteiger partial charge is 0.380 e. The van der Waals surface area contributed by atoms with Crippen LogP contribution in [-0.2, 0) is 4.74 Å². The molecule has 3 N–H and O–H groups in total. The van der Waals surface area contributed by atoms with Gasteiger partial charge in [0.25, 0.3) is 0 Å². The fraction of sp³-hybridized carbons (Fsp3) is 0.500. The van der Waals surface area contributed by atoms with E-state index in [0.29, 0.717) is 13.2 Å². The third-order valence-corrected chi connectivity index (χ3v) is 3.64. The summed E-state index contributed by atoms with van der Waals surface area (Å²) in [5.74, 6) is 5.43. The minimum absolute atomic E-state index is 0.0781. The SMILES string of the molecule is CCOCC(NN)c1sccc1Br. The van der Waals surface area contributed by atoms with E-state index < -0.39 is 0 Å². The molecule has 1 aromatic rings. The first-order valence-electron chi connectivity index (χ1n) is 4.06. The van der Waals surface area contributed by atoms with Gasteiger partial charge in [0.1, 0.15) is 0 Å². The van der Waals surface area contributed by atoms with Crippen molar-refractivity contribution in [1.82, 2.24) is 5.43 Å². The predicted octanol–water partition coefficient (Wildman–Crippen LogP) is 2.05. The van der Waals surface area contributed by atoms with Gasteiger partial charge in [0, 0.05) is 16.0 Å². The summed E-state index contributed by atoms with van der Waals surface area (Å²) in [5, 5.41) is 2.02. The Morgan fingerprint density at radius 1 is 1.77 bits per heavy atom. The lowest BCUT2D eigenvalue weighted by Crippen LogP contribution is -2.31. The quantitative estimate of drug-likeness (QED) is 0.632. The number of rotatable bonds is 5. The van der Waals surface area contributed by atoms with Crippen molar-refractivity contribution in [2.24, 2.45) is 5.84 Å². The van der Waals surface area contributed by atoms with E-state index in [1.807, 2.05) is 18.4 Å². The second kappa shape index (κ2) is 5.72. The highest BCUT2D eigenvalue weighted by molar-refractivity contribution is 9.10. The van der Waals surface area contributed by atoms with Crippen molar-refractivity contribution in [2.75, 3.05) is 13.2 Å². The van der Waals surface area contributed by atoms with Gasteiger partial charge in [0.15, 0.2) is 0 Å². The number of nitrogens with two attached hydrogens (primary N) is 1. The molecule has 0 aliphatic carbocycles. The molecule has 1 atom stereocenters. The third-order valence-electron chi connectivity index (χ3n) is 1.65. The number of nitrogens with one attached hydrogen (secondary N) is 1. The van der Waals surface area contributed by atoms with Crippen molar-refractivity contribution in [3.8, 4) is 0 Å². The van der Waals surface area contributed by atoms with Crippen LogP contribution in [0.3, 0.4) is 0 Å². The molecule has 0 bridgehead atoms. The summed E-state index contributed by atoms with van der Waals surface area (Å²) in [6.07, 6.45) is 0. The molecule has 0 spiro atoms. The molecule has 1 heterocycles. The first-order chi connectivity index (χ1) is 6.29. The standard InChI is InChI=1S/C8H13BrN2OS/c1-2-12-5-7(11-10)8-6(9)3-4-13-8/h3-4,7,11H,2,5,10H2,1H3. The van der Waals surface area contributed by atoms with Crippen LogP contribution in [0.2, 0.25) is 0 Å². The summed E-state index contributed by atoms with van der Waals surface area (Å²) < 4.78 is 6.39. The van der Waals surface area contributed by atoms with Crippen LogP contribution in [0.25, 0.3) is 0 Å².